The summed E-state index contributed by atoms with van der Waals surface area (Å²) in [6.07, 6.45) is 5.58. The minimum atomic E-state index is -0.554. The number of aliphatic hydroxyl groups excluding tert-OH is 1. The van der Waals surface area contributed by atoms with E-state index in [2.05, 4.69) is 21.3 Å². The number of halogens is 1. The number of rotatable bonds is 8. The van der Waals surface area contributed by atoms with Gasteiger partial charge >= 0.3 is 0 Å². The van der Waals surface area contributed by atoms with Gasteiger partial charge in [-0.3, -0.25) is 4.79 Å². The second-order valence-electron chi connectivity index (χ2n) is 10.2. The van der Waals surface area contributed by atoms with E-state index in [9.17, 15) is 9.90 Å². The first-order valence-electron chi connectivity index (χ1n) is 12.8. The van der Waals surface area contributed by atoms with Crippen LogP contribution in [0.1, 0.15) is 47.6 Å². The number of thiazole rings is 1. The van der Waals surface area contributed by atoms with Crippen LogP contribution in [-0.4, -0.2) is 53.9 Å². The molecule has 1 amide bonds. The number of likely N-dealkylation sites (tertiary alicyclic amines) is 1. The normalized spacial score (nSPS) is 21.0. The molecule has 0 spiro atoms. The average molecular weight is 540 g/mol. The zero-order valence-corrected chi connectivity index (χ0v) is 22.1. The van der Waals surface area contributed by atoms with Crippen molar-refractivity contribution in [2.75, 3.05) is 38.4 Å². The van der Waals surface area contributed by atoms with Crippen LogP contribution >= 0.6 is 22.9 Å². The third kappa shape index (κ3) is 4.95. The molecule has 1 aliphatic carbocycles. The van der Waals surface area contributed by atoms with Crippen LogP contribution in [0.25, 0.3) is 0 Å². The van der Waals surface area contributed by atoms with Gasteiger partial charge in [0.1, 0.15) is 0 Å². The highest BCUT2D eigenvalue weighted by molar-refractivity contribution is 7.15. The van der Waals surface area contributed by atoms with Gasteiger partial charge in [-0.2, -0.15) is 0 Å². The molecule has 0 bridgehead atoms. The van der Waals surface area contributed by atoms with E-state index >= 15 is 0 Å². The van der Waals surface area contributed by atoms with Crippen molar-refractivity contribution in [1.82, 2.24) is 9.88 Å². The maximum absolute atomic E-state index is 13.4. The number of aliphatic hydroxyl groups is 1. The number of fused-ring (bicyclic) bond motifs is 1. The Morgan fingerprint density at radius 2 is 2.08 bits per heavy atom. The first-order valence-corrected chi connectivity index (χ1v) is 14.0. The van der Waals surface area contributed by atoms with E-state index in [0.717, 1.165) is 66.3 Å². The third-order valence-corrected chi connectivity index (χ3v) is 9.15. The second-order valence-corrected chi connectivity index (χ2v) is 11.7. The highest BCUT2D eigenvalue weighted by Crippen LogP contribution is 2.51. The average Bonchev–Trinajstić information content (AvgIpc) is 3.38. The lowest BCUT2D eigenvalue weighted by Gasteiger charge is -2.34. The minimum absolute atomic E-state index is 0.0260. The van der Waals surface area contributed by atoms with E-state index in [1.54, 1.807) is 0 Å². The Kier molecular flexibility index (Phi) is 6.84. The van der Waals surface area contributed by atoms with Gasteiger partial charge in [0.15, 0.2) is 16.6 Å². The molecule has 6 rings (SSSR count). The monoisotopic (exact) mass is 539 g/mol. The molecule has 2 aromatic carbocycles. The Morgan fingerprint density at radius 1 is 1.24 bits per heavy atom. The fraction of sp³-hybridized carbons (Fsp3) is 0.429. The molecular weight excluding hydrogens is 510 g/mol. The van der Waals surface area contributed by atoms with Gasteiger partial charge in [0.2, 0.25) is 12.7 Å². The minimum Gasteiger partial charge on any atom is -0.454 e. The molecule has 3 aromatic rings. The zero-order valence-electron chi connectivity index (χ0n) is 20.5. The molecule has 3 aliphatic rings. The molecule has 7 nitrogen and oxygen atoms in total. The highest BCUT2D eigenvalue weighted by Gasteiger charge is 2.52. The first-order chi connectivity index (χ1) is 18.1. The van der Waals surface area contributed by atoms with E-state index in [4.69, 9.17) is 21.1 Å². The van der Waals surface area contributed by atoms with E-state index < -0.39 is 5.41 Å². The lowest BCUT2D eigenvalue weighted by molar-refractivity contribution is -0.118. The van der Waals surface area contributed by atoms with E-state index in [0.29, 0.717) is 22.5 Å². The predicted molar refractivity (Wildman–Crippen MR) is 144 cm³/mol. The molecule has 1 saturated carbocycles. The zero-order chi connectivity index (χ0) is 25.4. The van der Waals surface area contributed by atoms with Gasteiger partial charge in [0, 0.05) is 41.7 Å². The standard InChI is InChI=1S/C28H30ClN3O4S/c29-22-6-2-1-5-20(22)21(15-32-11-3-4-18(14-32)16-33)25-13-30-27(37-25)31-26(34)28(9-10-28)19-7-8-23-24(12-19)36-17-35-23/h1-2,5-8,12-13,18,21,33H,3-4,9-11,14-17H2,(H,30,31,34). The number of benzene rings is 2. The van der Waals surface area contributed by atoms with Gasteiger partial charge in [-0.05, 0) is 67.5 Å². The summed E-state index contributed by atoms with van der Waals surface area (Å²) < 4.78 is 10.9. The van der Waals surface area contributed by atoms with Crippen molar-refractivity contribution >= 4 is 34.0 Å². The molecule has 9 heteroatoms. The number of carbonyl (C=O) groups is 1. The predicted octanol–water partition coefficient (Wildman–Crippen LogP) is 5.03. The Labute approximate surface area is 225 Å². The molecule has 2 fully saturated rings. The second kappa shape index (κ2) is 10.3. The molecule has 37 heavy (non-hydrogen) atoms. The SMILES string of the molecule is O=C(Nc1ncc(C(CN2CCCC(CO)C2)c2ccccc2Cl)s1)C1(c2ccc3c(c2)OCO3)CC1. The Hall–Kier alpha value is -2.65. The van der Waals surface area contributed by atoms with Crippen LogP contribution in [0.4, 0.5) is 5.13 Å². The Balaban J connectivity index is 1.22. The van der Waals surface area contributed by atoms with Gasteiger partial charge in [-0.1, -0.05) is 35.9 Å². The smallest absolute Gasteiger partial charge is 0.236 e. The van der Waals surface area contributed by atoms with Crippen molar-refractivity contribution in [1.29, 1.82) is 0 Å². The molecule has 2 atom stereocenters. The number of hydrogen-bond acceptors (Lipinski definition) is 7. The van der Waals surface area contributed by atoms with E-state index in [1.807, 2.05) is 42.6 Å². The number of anilines is 1. The molecule has 3 heterocycles. The summed E-state index contributed by atoms with van der Waals surface area (Å²) in [6.45, 7) is 3.09. The van der Waals surface area contributed by atoms with Crippen LogP contribution in [-0.2, 0) is 10.2 Å². The summed E-state index contributed by atoms with van der Waals surface area (Å²) in [7, 11) is 0. The number of nitrogens with one attached hydrogen (secondary N) is 1. The molecule has 194 valence electrons. The van der Waals surface area contributed by atoms with Crippen molar-refractivity contribution in [3.05, 3.63) is 69.7 Å². The number of ether oxygens (including phenoxy) is 2. The van der Waals surface area contributed by atoms with Crippen molar-refractivity contribution in [2.45, 2.75) is 37.0 Å². The molecule has 2 N–H and O–H groups in total. The number of piperidine rings is 1. The van der Waals surface area contributed by atoms with Crippen LogP contribution in [0.5, 0.6) is 11.5 Å². The van der Waals surface area contributed by atoms with Crippen molar-refractivity contribution in [3.8, 4) is 11.5 Å². The highest BCUT2D eigenvalue weighted by atomic mass is 35.5. The molecule has 1 aromatic heterocycles. The maximum atomic E-state index is 13.4. The summed E-state index contributed by atoms with van der Waals surface area (Å²) in [5.41, 5.74) is 1.45. The van der Waals surface area contributed by atoms with Gasteiger partial charge in [-0.25, -0.2) is 4.98 Å². The number of hydrogen-bond donors (Lipinski definition) is 2. The molecule has 1 saturated heterocycles. The number of amides is 1. The van der Waals surface area contributed by atoms with Crippen LogP contribution in [0.2, 0.25) is 5.02 Å². The lowest BCUT2D eigenvalue weighted by Crippen LogP contribution is -2.39. The van der Waals surface area contributed by atoms with Crippen molar-refractivity contribution in [2.24, 2.45) is 5.92 Å². The quantitative estimate of drug-likeness (QED) is 0.417. The van der Waals surface area contributed by atoms with Gasteiger partial charge in [0.05, 0.1) is 5.41 Å². The lowest BCUT2D eigenvalue weighted by atomic mass is 9.94. The van der Waals surface area contributed by atoms with Gasteiger partial charge < -0.3 is 24.8 Å². The molecule has 2 unspecified atom stereocenters. The first kappa shape index (κ1) is 24.7. The molecule has 0 radical (unpaired) electrons. The Bertz CT molecular complexity index is 1290. The van der Waals surface area contributed by atoms with Gasteiger partial charge in [0.25, 0.3) is 0 Å². The summed E-state index contributed by atoms with van der Waals surface area (Å²) in [6, 6.07) is 13.7. The van der Waals surface area contributed by atoms with Crippen LogP contribution in [0.15, 0.2) is 48.7 Å². The van der Waals surface area contributed by atoms with E-state index in [-0.39, 0.29) is 25.2 Å². The van der Waals surface area contributed by atoms with Crippen molar-refractivity contribution in [3.63, 3.8) is 0 Å². The molecular formula is C28H30ClN3O4S. The van der Waals surface area contributed by atoms with Crippen LogP contribution < -0.4 is 14.8 Å². The number of carbonyl (C=O) groups excluding carboxylic acids is 1. The van der Waals surface area contributed by atoms with Crippen molar-refractivity contribution < 1.29 is 19.4 Å². The third-order valence-electron chi connectivity index (χ3n) is 7.78. The Morgan fingerprint density at radius 3 is 2.89 bits per heavy atom. The largest absolute Gasteiger partial charge is 0.454 e. The fourth-order valence-corrected chi connectivity index (χ4v) is 6.70. The number of aromatic nitrogens is 1. The molecule has 2 aliphatic heterocycles. The summed E-state index contributed by atoms with van der Waals surface area (Å²) in [4.78, 5) is 21.5. The van der Waals surface area contributed by atoms with E-state index in [1.165, 1.54) is 11.3 Å². The fourth-order valence-electron chi connectivity index (χ4n) is 5.51. The summed E-state index contributed by atoms with van der Waals surface area (Å²) in [5.74, 6) is 1.70. The topological polar surface area (TPSA) is 83.9 Å². The number of nitrogens with zero attached hydrogens (tertiary/aromatic N) is 2. The van der Waals surface area contributed by atoms with Crippen LogP contribution in [0, 0.1) is 5.92 Å². The van der Waals surface area contributed by atoms with Gasteiger partial charge in [-0.15, -0.1) is 11.3 Å². The van der Waals surface area contributed by atoms with Crippen LogP contribution in [0.3, 0.4) is 0 Å². The summed E-state index contributed by atoms with van der Waals surface area (Å²) >= 11 is 8.15. The maximum Gasteiger partial charge on any atom is 0.236 e. The summed E-state index contributed by atoms with van der Waals surface area (Å²) in [5, 5.41) is 14.1.